The van der Waals surface area contributed by atoms with E-state index in [9.17, 15) is 0 Å². The van der Waals surface area contributed by atoms with Gasteiger partial charge in [0, 0.05) is 25.2 Å². The summed E-state index contributed by atoms with van der Waals surface area (Å²) >= 11 is 0. The van der Waals surface area contributed by atoms with Gasteiger partial charge in [0.25, 0.3) is 0 Å². The van der Waals surface area contributed by atoms with Gasteiger partial charge in [0.2, 0.25) is 0 Å². The zero-order valence-electron chi connectivity index (χ0n) is 9.88. The van der Waals surface area contributed by atoms with E-state index in [1.807, 2.05) is 7.05 Å². The van der Waals surface area contributed by atoms with Gasteiger partial charge in [-0.25, -0.2) is 0 Å². The van der Waals surface area contributed by atoms with Crippen molar-refractivity contribution in [1.29, 1.82) is 0 Å². The maximum atomic E-state index is 3.19. The highest BCUT2D eigenvalue weighted by atomic mass is 15.1. The first kappa shape index (κ1) is 10.5. The van der Waals surface area contributed by atoms with Crippen LogP contribution >= 0.6 is 0 Å². The number of benzene rings is 1. The summed E-state index contributed by atoms with van der Waals surface area (Å²) in [5.74, 6) is 0.680. The number of nitrogens with one attached hydrogen (secondary N) is 1. The van der Waals surface area contributed by atoms with E-state index in [1.54, 1.807) is 0 Å². The molecule has 0 aliphatic carbocycles. The van der Waals surface area contributed by atoms with Crippen LogP contribution in [0.1, 0.15) is 24.0 Å². The maximum absolute atomic E-state index is 3.19. The number of likely N-dealkylation sites (N-methyl/N-ethyl adjacent to an activating group) is 2. The molecule has 1 aliphatic rings. The molecular weight excluding hydrogens is 184 g/mol. The minimum Gasteiger partial charge on any atom is -0.374 e. The van der Waals surface area contributed by atoms with E-state index < -0.39 is 0 Å². The highest BCUT2D eigenvalue weighted by Gasteiger charge is 2.22. The first-order valence-electron chi connectivity index (χ1n) is 5.71. The number of rotatable bonds is 3. The Morgan fingerprint density at radius 2 is 2.27 bits per heavy atom. The predicted molar refractivity (Wildman–Crippen MR) is 65.8 cm³/mol. The lowest BCUT2D eigenvalue weighted by Crippen LogP contribution is -2.13. The van der Waals surface area contributed by atoms with E-state index in [0.717, 1.165) is 19.5 Å². The zero-order valence-corrected chi connectivity index (χ0v) is 9.88. The van der Waals surface area contributed by atoms with E-state index in [1.165, 1.54) is 16.8 Å². The predicted octanol–water partition coefficient (Wildman–Crippen LogP) is 2.00. The molecule has 0 spiro atoms. The zero-order chi connectivity index (χ0) is 10.8. The Labute approximate surface area is 92.3 Å². The molecule has 1 aliphatic heterocycles. The van der Waals surface area contributed by atoms with Gasteiger partial charge in [-0.3, -0.25) is 0 Å². The van der Waals surface area contributed by atoms with Crippen LogP contribution in [0.5, 0.6) is 0 Å². The van der Waals surface area contributed by atoms with Crippen LogP contribution in [-0.2, 0) is 6.42 Å². The SMILES string of the molecule is CNCCc1ccc2c(c1)C(C)CN2C. The topological polar surface area (TPSA) is 15.3 Å². The Balaban J connectivity index is 2.22. The van der Waals surface area contributed by atoms with Gasteiger partial charge in [-0.2, -0.15) is 0 Å². The number of nitrogens with zero attached hydrogens (tertiary/aromatic N) is 1. The summed E-state index contributed by atoms with van der Waals surface area (Å²) in [7, 11) is 4.18. The van der Waals surface area contributed by atoms with Gasteiger partial charge in [0.05, 0.1) is 0 Å². The van der Waals surface area contributed by atoms with Crippen molar-refractivity contribution >= 4 is 5.69 Å². The van der Waals surface area contributed by atoms with Crippen molar-refractivity contribution in [2.45, 2.75) is 19.3 Å². The third-order valence-electron chi connectivity index (χ3n) is 3.25. The van der Waals surface area contributed by atoms with Crippen molar-refractivity contribution < 1.29 is 0 Å². The second-order valence-corrected chi connectivity index (χ2v) is 4.53. The molecule has 0 bridgehead atoms. The minimum atomic E-state index is 0.680. The Morgan fingerprint density at radius 3 is 3.00 bits per heavy atom. The Kier molecular flexibility index (Phi) is 2.96. The van der Waals surface area contributed by atoms with Crippen LogP contribution in [0, 0.1) is 0 Å². The molecule has 1 aromatic rings. The second-order valence-electron chi connectivity index (χ2n) is 4.53. The number of fused-ring (bicyclic) bond motifs is 1. The van der Waals surface area contributed by atoms with E-state index in [4.69, 9.17) is 0 Å². The third kappa shape index (κ3) is 2.00. The van der Waals surface area contributed by atoms with Gasteiger partial charge in [0.1, 0.15) is 0 Å². The molecule has 2 heteroatoms. The van der Waals surface area contributed by atoms with Crippen molar-refractivity contribution in [2.75, 3.05) is 32.1 Å². The first-order valence-corrected chi connectivity index (χ1v) is 5.71. The molecule has 2 rings (SSSR count). The van der Waals surface area contributed by atoms with Crippen LogP contribution in [0.4, 0.5) is 5.69 Å². The summed E-state index contributed by atoms with van der Waals surface area (Å²) in [5, 5.41) is 3.19. The highest BCUT2D eigenvalue weighted by Crippen LogP contribution is 2.35. The van der Waals surface area contributed by atoms with Gasteiger partial charge >= 0.3 is 0 Å². The summed E-state index contributed by atoms with van der Waals surface area (Å²) in [6.07, 6.45) is 1.13. The van der Waals surface area contributed by atoms with Crippen molar-refractivity contribution in [3.63, 3.8) is 0 Å². The first-order chi connectivity index (χ1) is 7.22. The monoisotopic (exact) mass is 204 g/mol. The van der Waals surface area contributed by atoms with Crippen molar-refractivity contribution in [1.82, 2.24) is 5.32 Å². The lowest BCUT2D eigenvalue weighted by Gasteiger charge is -2.12. The summed E-state index contributed by atoms with van der Waals surface area (Å²) in [6.45, 7) is 4.53. The smallest absolute Gasteiger partial charge is 0.0399 e. The highest BCUT2D eigenvalue weighted by molar-refractivity contribution is 5.60. The Hall–Kier alpha value is -1.02. The van der Waals surface area contributed by atoms with Crippen molar-refractivity contribution in [3.05, 3.63) is 29.3 Å². The average molecular weight is 204 g/mol. The molecule has 1 aromatic carbocycles. The molecule has 82 valence electrons. The molecule has 1 unspecified atom stereocenters. The Bertz CT molecular complexity index is 346. The van der Waals surface area contributed by atoms with E-state index in [-0.39, 0.29) is 0 Å². The quantitative estimate of drug-likeness (QED) is 0.810. The standard InChI is InChI=1S/C13H20N2/c1-10-9-15(3)13-5-4-11(6-7-14-2)8-12(10)13/h4-5,8,10,14H,6-7,9H2,1-3H3. The van der Waals surface area contributed by atoms with E-state index in [0.29, 0.717) is 5.92 Å². The summed E-state index contributed by atoms with van der Waals surface area (Å²) < 4.78 is 0. The van der Waals surface area contributed by atoms with Gasteiger partial charge in [-0.15, -0.1) is 0 Å². The molecule has 1 heterocycles. The Morgan fingerprint density at radius 1 is 1.47 bits per heavy atom. The maximum Gasteiger partial charge on any atom is 0.0399 e. The van der Waals surface area contributed by atoms with E-state index >= 15 is 0 Å². The number of hydrogen-bond acceptors (Lipinski definition) is 2. The average Bonchev–Trinajstić information content (AvgIpc) is 2.52. The van der Waals surface area contributed by atoms with E-state index in [2.05, 4.69) is 42.4 Å². The molecule has 0 aromatic heterocycles. The van der Waals surface area contributed by atoms with Gasteiger partial charge in [-0.05, 0) is 37.2 Å². The molecule has 0 radical (unpaired) electrons. The van der Waals surface area contributed by atoms with Crippen LogP contribution in [0.25, 0.3) is 0 Å². The van der Waals surface area contributed by atoms with Crippen LogP contribution in [0.3, 0.4) is 0 Å². The molecule has 0 saturated heterocycles. The summed E-state index contributed by atoms with van der Waals surface area (Å²) in [5.41, 5.74) is 4.38. The second kappa shape index (κ2) is 4.23. The normalized spacial score (nSPS) is 19.4. The molecule has 0 fully saturated rings. The summed E-state index contributed by atoms with van der Waals surface area (Å²) in [4.78, 5) is 2.35. The molecule has 1 N–H and O–H groups in total. The van der Waals surface area contributed by atoms with Crippen LogP contribution in [0.2, 0.25) is 0 Å². The molecule has 2 nitrogen and oxygen atoms in total. The minimum absolute atomic E-state index is 0.680. The van der Waals surface area contributed by atoms with Crippen LogP contribution in [0.15, 0.2) is 18.2 Å². The van der Waals surface area contributed by atoms with Gasteiger partial charge in [-0.1, -0.05) is 19.1 Å². The fourth-order valence-corrected chi connectivity index (χ4v) is 2.38. The fourth-order valence-electron chi connectivity index (χ4n) is 2.38. The molecule has 0 saturated carbocycles. The largest absolute Gasteiger partial charge is 0.374 e. The third-order valence-corrected chi connectivity index (χ3v) is 3.25. The lowest BCUT2D eigenvalue weighted by atomic mass is 10.00. The molecular formula is C13H20N2. The van der Waals surface area contributed by atoms with Crippen LogP contribution < -0.4 is 10.2 Å². The fraction of sp³-hybridized carbons (Fsp3) is 0.538. The van der Waals surface area contributed by atoms with Crippen molar-refractivity contribution in [2.24, 2.45) is 0 Å². The van der Waals surface area contributed by atoms with Crippen molar-refractivity contribution in [3.8, 4) is 0 Å². The van der Waals surface area contributed by atoms with Gasteiger partial charge < -0.3 is 10.2 Å². The molecule has 0 amide bonds. The number of hydrogen-bond donors (Lipinski definition) is 1. The van der Waals surface area contributed by atoms with Crippen LogP contribution in [-0.4, -0.2) is 27.2 Å². The molecule has 1 atom stereocenters. The molecule has 15 heavy (non-hydrogen) atoms. The number of anilines is 1. The van der Waals surface area contributed by atoms with Gasteiger partial charge in [0.15, 0.2) is 0 Å². The lowest BCUT2D eigenvalue weighted by molar-refractivity contribution is 0.783. The summed E-state index contributed by atoms with van der Waals surface area (Å²) in [6, 6.07) is 6.90.